The van der Waals surface area contributed by atoms with Crippen LogP contribution in [0.15, 0.2) is 30.3 Å². The largest absolute Gasteiger partial charge is 0.505 e. The van der Waals surface area contributed by atoms with Crippen molar-refractivity contribution in [3.63, 3.8) is 0 Å². The Bertz CT molecular complexity index is 1070. The molecular formula is C18H12F5NO3. The van der Waals surface area contributed by atoms with Crippen LogP contribution < -0.4 is 0 Å². The van der Waals surface area contributed by atoms with Crippen LogP contribution in [0.25, 0.3) is 10.9 Å². The predicted octanol–water partition coefficient (Wildman–Crippen LogP) is 4.70. The van der Waals surface area contributed by atoms with Crippen LogP contribution in [0.5, 0.6) is 5.75 Å². The van der Waals surface area contributed by atoms with Crippen molar-refractivity contribution in [2.75, 3.05) is 0 Å². The van der Waals surface area contributed by atoms with Crippen LogP contribution in [0, 0.1) is 18.6 Å². The van der Waals surface area contributed by atoms with E-state index in [1.165, 1.54) is 13.0 Å². The number of aromatic nitrogens is 1. The molecule has 3 aromatic rings. The molecule has 2 aromatic carbocycles. The van der Waals surface area contributed by atoms with E-state index in [2.05, 4.69) is 0 Å². The molecular weight excluding hydrogens is 373 g/mol. The van der Waals surface area contributed by atoms with Crippen molar-refractivity contribution in [3.8, 4) is 5.75 Å². The van der Waals surface area contributed by atoms with Crippen molar-refractivity contribution in [2.45, 2.75) is 19.6 Å². The minimum atomic E-state index is -4.91. The summed E-state index contributed by atoms with van der Waals surface area (Å²) in [6.45, 7) is 0.968. The number of phenols is 1. The van der Waals surface area contributed by atoms with E-state index in [9.17, 15) is 37.0 Å². The fourth-order valence-corrected chi connectivity index (χ4v) is 3.09. The smallest absolute Gasteiger partial charge is 0.419 e. The molecule has 0 fully saturated rings. The summed E-state index contributed by atoms with van der Waals surface area (Å²) in [7, 11) is 0. The zero-order chi connectivity index (χ0) is 20.1. The minimum absolute atomic E-state index is 0.0170. The Morgan fingerprint density at radius 3 is 2.41 bits per heavy atom. The van der Waals surface area contributed by atoms with E-state index in [0.29, 0.717) is 12.1 Å². The standard InChI is InChI=1S/C18H12F5NO3/c1-8-14-12(4-5-13(25)15(14)20)24(16(8)17(26)27)7-9-2-3-11(19)10(6-9)18(21,22)23/h2-6,25H,7H2,1H3,(H,26,27). The number of phenolic OH excluding ortho intramolecular Hbond substituents is 1. The highest BCUT2D eigenvalue weighted by atomic mass is 19.4. The Hall–Kier alpha value is -3.10. The van der Waals surface area contributed by atoms with Crippen molar-refractivity contribution in [1.29, 1.82) is 0 Å². The number of halogens is 5. The molecule has 27 heavy (non-hydrogen) atoms. The quantitative estimate of drug-likeness (QED) is 0.643. The number of carboxylic acid groups (broad SMARTS) is 1. The van der Waals surface area contributed by atoms with Crippen molar-refractivity contribution in [3.05, 3.63) is 64.4 Å². The lowest BCUT2D eigenvalue weighted by molar-refractivity contribution is -0.140. The molecule has 0 aliphatic carbocycles. The maximum absolute atomic E-state index is 14.3. The Kier molecular flexibility index (Phi) is 4.33. The highest BCUT2D eigenvalue weighted by Crippen LogP contribution is 2.35. The van der Waals surface area contributed by atoms with E-state index < -0.39 is 35.1 Å². The van der Waals surface area contributed by atoms with Gasteiger partial charge in [0.25, 0.3) is 0 Å². The number of carbonyl (C=O) groups is 1. The van der Waals surface area contributed by atoms with Crippen molar-refractivity contribution >= 4 is 16.9 Å². The van der Waals surface area contributed by atoms with Gasteiger partial charge in [-0.2, -0.15) is 13.2 Å². The normalized spacial score (nSPS) is 11.9. The second kappa shape index (κ2) is 6.26. The van der Waals surface area contributed by atoms with Gasteiger partial charge in [-0.05, 0) is 42.3 Å². The number of aryl methyl sites for hydroxylation is 1. The molecule has 0 aliphatic rings. The molecule has 0 spiro atoms. The van der Waals surface area contributed by atoms with Crippen LogP contribution in [0.1, 0.15) is 27.2 Å². The summed E-state index contributed by atoms with van der Waals surface area (Å²) < 4.78 is 67.6. The first-order valence-electron chi connectivity index (χ1n) is 7.61. The van der Waals surface area contributed by atoms with Crippen molar-refractivity contribution in [2.24, 2.45) is 0 Å². The number of alkyl halides is 3. The Labute approximate surface area is 149 Å². The predicted molar refractivity (Wildman–Crippen MR) is 85.8 cm³/mol. The molecule has 9 heteroatoms. The lowest BCUT2D eigenvalue weighted by atomic mass is 10.1. The van der Waals surface area contributed by atoms with Gasteiger partial charge in [-0.15, -0.1) is 0 Å². The Morgan fingerprint density at radius 2 is 1.81 bits per heavy atom. The fraction of sp³-hybridized carbons (Fsp3) is 0.167. The molecule has 0 unspecified atom stereocenters. The number of benzene rings is 2. The monoisotopic (exact) mass is 385 g/mol. The van der Waals surface area contributed by atoms with Crippen LogP contribution in [0.4, 0.5) is 22.0 Å². The summed E-state index contributed by atoms with van der Waals surface area (Å²) in [5, 5.41) is 18.8. The highest BCUT2D eigenvalue weighted by molar-refractivity contribution is 5.98. The number of rotatable bonds is 3. The van der Waals surface area contributed by atoms with Gasteiger partial charge in [0.2, 0.25) is 0 Å². The van der Waals surface area contributed by atoms with Gasteiger partial charge < -0.3 is 14.8 Å². The molecule has 0 bridgehead atoms. The van der Waals surface area contributed by atoms with E-state index in [0.717, 1.165) is 16.7 Å². The number of carboxylic acids is 1. The number of aromatic hydroxyl groups is 1. The Balaban J connectivity index is 2.23. The van der Waals surface area contributed by atoms with Gasteiger partial charge in [0.15, 0.2) is 11.6 Å². The van der Waals surface area contributed by atoms with E-state index in [-0.39, 0.29) is 34.3 Å². The number of hydrogen-bond donors (Lipinski definition) is 2. The van der Waals surface area contributed by atoms with Crippen LogP contribution in [-0.4, -0.2) is 20.7 Å². The average Bonchev–Trinajstić information content (AvgIpc) is 2.84. The van der Waals surface area contributed by atoms with Gasteiger partial charge >= 0.3 is 12.1 Å². The van der Waals surface area contributed by atoms with Gasteiger partial charge in [0.05, 0.1) is 11.1 Å². The molecule has 0 aliphatic heterocycles. The van der Waals surface area contributed by atoms with Crippen LogP contribution in [0.2, 0.25) is 0 Å². The number of hydrogen-bond acceptors (Lipinski definition) is 2. The molecule has 1 aromatic heterocycles. The average molecular weight is 385 g/mol. The van der Waals surface area contributed by atoms with E-state index in [4.69, 9.17) is 0 Å². The van der Waals surface area contributed by atoms with Gasteiger partial charge in [-0.3, -0.25) is 0 Å². The summed E-state index contributed by atoms with van der Waals surface area (Å²) in [5.41, 5.74) is -1.74. The molecule has 0 amide bonds. The van der Waals surface area contributed by atoms with Gasteiger partial charge in [0.1, 0.15) is 11.5 Å². The Morgan fingerprint density at radius 1 is 1.15 bits per heavy atom. The molecule has 142 valence electrons. The van der Waals surface area contributed by atoms with Crippen molar-refractivity contribution in [1.82, 2.24) is 4.57 Å². The van der Waals surface area contributed by atoms with E-state index in [1.807, 2.05) is 0 Å². The van der Waals surface area contributed by atoms with Gasteiger partial charge in [0, 0.05) is 11.9 Å². The third-order valence-electron chi connectivity index (χ3n) is 4.27. The number of nitrogens with zero attached hydrogens (tertiary/aromatic N) is 1. The summed E-state index contributed by atoms with van der Waals surface area (Å²) in [6.07, 6.45) is -4.91. The molecule has 2 N–H and O–H groups in total. The third kappa shape index (κ3) is 3.09. The zero-order valence-electron chi connectivity index (χ0n) is 13.7. The molecule has 1 heterocycles. The maximum Gasteiger partial charge on any atom is 0.419 e. The van der Waals surface area contributed by atoms with Gasteiger partial charge in [-0.1, -0.05) is 6.07 Å². The number of fused-ring (bicyclic) bond motifs is 1. The summed E-state index contributed by atoms with van der Waals surface area (Å²) in [6, 6.07) is 4.60. The van der Waals surface area contributed by atoms with Crippen LogP contribution in [0.3, 0.4) is 0 Å². The summed E-state index contributed by atoms with van der Waals surface area (Å²) in [4.78, 5) is 11.6. The maximum atomic E-state index is 14.3. The molecule has 3 rings (SSSR count). The topological polar surface area (TPSA) is 62.5 Å². The first kappa shape index (κ1) is 18.7. The highest BCUT2D eigenvalue weighted by Gasteiger charge is 2.34. The van der Waals surface area contributed by atoms with Crippen LogP contribution in [-0.2, 0) is 12.7 Å². The van der Waals surface area contributed by atoms with E-state index >= 15 is 0 Å². The van der Waals surface area contributed by atoms with E-state index in [1.54, 1.807) is 0 Å². The molecule has 0 radical (unpaired) electrons. The fourth-order valence-electron chi connectivity index (χ4n) is 3.09. The summed E-state index contributed by atoms with van der Waals surface area (Å²) >= 11 is 0. The third-order valence-corrected chi connectivity index (χ3v) is 4.27. The second-order valence-electron chi connectivity index (χ2n) is 5.97. The molecule has 0 saturated carbocycles. The minimum Gasteiger partial charge on any atom is -0.505 e. The number of aromatic carboxylic acids is 1. The van der Waals surface area contributed by atoms with Crippen LogP contribution >= 0.6 is 0 Å². The molecule has 0 atom stereocenters. The molecule has 0 saturated heterocycles. The first-order valence-corrected chi connectivity index (χ1v) is 7.61. The second-order valence-corrected chi connectivity index (χ2v) is 5.97. The SMILES string of the molecule is Cc1c(C(=O)O)n(Cc2ccc(F)c(C(F)(F)F)c2)c2ccc(O)c(F)c12. The van der Waals surface area contributed by atoms with Gasteiger partial charge in [-0.25, -0.2) is 13.6 Å². The molecule has 4 nitrogen and oxygen atoms in total. The lowest BCUT2D eigenvalue weighted by Crippen LogP contribution is -2.13. The first-order chi connectivity index (χ1) is 12.5. The van der Waals surface area contributed by atoms with Crippen molar-refractivity contribution < 1.29 is 37.0 Å². The summed E-state index contributed by atoms with van der Waals surface area (Å²) in [5.74, 6) is -4.57. The lowest BCUT2D eigenvalue weighted by Gasteiger charge is -2.13. The zero-order valence-corrected chi connectivity index (χ0v) is 13.7.